The number of imidazole rings is 1. The number of hydrogen-bond acceptors (Lipinski definition) is 7. The second-order valence-corrected chi connectivity index (χ2v) is 10.0. The van der Waals surface area contributed by atoms with Gasteiger partial charge < -0.3 is 18.8 Å². The van der Waals surface area contributed by atoms with Gasteiger partial charge >= 0.3 is 12.6 Å². The highest BCUT2D eigenvalue weighted by Gasteiger charge is 2.39. The fourth-order valence-corrected chi connectivity index (χ4v) is 5.15. The molecule has 0 radical (unpaired) electrons. The maximum atomic E-state index is 12.9. The van der Waals surface area contributed by atoms with E-state index in [4.69, 9.17) is 9.47 Å². The molecule has 4 aromatic rings. The number of hydrogen-bond donors (Lipinski definition) is 0. The first kappa shape index (κ1) is 26.5. The van der Waals surface area contributed by atoms with Gasteiger partial charge in [0.15, 0.2) is 0 Å². The largest absolute Gasteiger partial charge is 0.466 e. The Labute approximate surface area is 225 Å². The van der Waals surface area contributed by atoms with Gasteiger partial charge in [-0.15, -0.1) is 0 Å². The summed E-state index contributed by atoms with van der Waals surface area (Å²) in [4.78, 5) is 28.4. The number of rotatable bonds is 8. The molecule has 0 saturated carbocycles. The smallest absolute Gasteiger partial charge is 0.387 e. The van der Waals surface area contributed by atoms with Crippen LogP contribution in [0, 0.1) is 12.3 Å². The number of aryl methyl sites for hydroxylation is 1. The maximum absolute atomic E-state index is 12.9. The van der Waals surface area contributed by atoms with E-state index in [-0.39, 0.29) is 11.7 Å². The molecule has 3 aromatic heterocycles. The maximum Gasteiger partial charge on any atom is 0.387 e. The van der Waals surface area contributed by atoms with Crippen LogP contribution in [0.1, 0.15) is 43.6 Å². The van der Waals surface area contributed by atoms with E-state index >= 15 is 0 Å². The van der Waals surface area contributed by atoms with Crippen LogP contribution in [0.15, 0.2) is 55.0 Å². The molecule has 4 heterocycles. The molecule has 1 saturated heterocycles. The lowest BCUT2D eigenvalue weighted by Gasteiger charge is -2.38. The zero-order chi connectivity index (χ0) is 27.6. The first-order chi connectivity index (χ1) is 18.8. The predicted molar refractivity (Wildman–Crippen MR) is 143 cm³/mol. The zero-order valence-corrected chi connectivity index (χ0v) is 22.2. The van der Waals surface area contributed by atoms with Crippen molar-refractivity contribution < 1.29 is 23.0 Å². The van der Waals surface area contributed by atoms with Crippen molar-refractivity contribution in [3.63, 3.8) is 0 Å². The second kappa shape index (κ2) is 11.0. The van der Waals surface area contributed by atoms with E-state index in [1.165, 1.54) is 0 Å². The highest BCUT2D eigenvalue weighted by atomic mass is 19.3. The lowest BCUT2D eigenvalue weighted by molar-refractivity contribution is -0.154. The van der Waals surface area contributed by atoms with Gasteiger partial charge in [-0.25, -0.2) is 15.0 Å². The van der Waals surface area contributed by atoms with Crippen molar-refractivity contribution in [1.82, 2.24) is 19.4 Å². The van der Waals surface area contributed by atoms with Gasteiger partial charge in [-0.2, -0.15) is 8.78 Å². The van der Waals surface area contributed by atoms with Crippen LogP contribution in [0.25, 0.3) is 16.8 Å². The molecule has 1 aliphatic heterocycles. The van der Waals surface area contributed by atoms with E-state index in [9.17, 15) is 13.6 Å². The number of anilines is 1. The van der Waals surface area contributed by atoms with Gasteiger partial charge in [0.1, 0.15) is 11.4 Å². The van der Waals surface area contributed by atoms with Crippen LogP contribution in [0.2, 0.25) is 0 Å². The molecule has 204 valence electrons. The number of carbonyl (C=O) groups is 1. The molecular formula is C29H31F2N5O3. The number of ether oxygens (including phenoxy) is 2. The summed E-state index contributed by atoms with van der Waals surface area (Å²) in [6, 6.07) is 10.7. The minimum absolute atomic E-state index is 0.152. The molecule has 39 heavy (non-hydrogen) atoms. The second-order valence-electron chi connectivity index (χ2n) is 10.0. The molecule has 0 unspecified atom stereocenters. The Morgan fingerprint density at radius 3 is 2.64 bits per heavy atom. The van der Waals surface area contributed by atoms with Crippen molar-refractivity contribution in [2.24, 2.45) is 5.41 Å². The summed E-state index contributed by atoms with van der Waals surface area (Å²) >= 11 is 0. The molecule has 0 N–H and O–H groups in total. The molecule has 10 heteroatoms. The first-order valence-corrected chi connectivity index (χ1v) is 13.0. The Morgan fingerprint density at radius 1 is 1.13 bits per heavy atom. The highest BCUT2D eigenvalue weighted by Crippen LogP contribution is 2.33. The number of para-hydroxylation sites is 1. The number of pyridine rings is 1. The topological polar surface area (TPSA) is 81.8 Å². The molecule has 0 amide bonds. The third-order valence-corrected chi connectivity index (χ3v) is 7.18. The van der Waals surface area contributed by atoms with Crippen molar-refractivity contribution in [3.8, 4) is 16.9 Å². The number of nitrogens with zero attached hydrogens (tertiary/aromatic N) is 5. The number of alkyl halides is 2. The third-order valence-electron chi connectivity index (χ3n) is 7.18. The van der Waals surface area contributed by atoms with Gasteiger partial charge in [0, 0.05) is 60.5 Å². The Hall–Kier alpha value is -4.08. The van der Waals surface area contributed by atoms with Gasteiger partial charge in [-0.05, 0) is 51.8 Å². The van der Waals surface area contributed by atoms with Gasteiger partial charge in [-0.3, -0.25) is 4.79 Å². The van der Waals surface area contributed by atoms with Crippen molar-refractivity contribution >= 4 is 17.6 Å². The predicted octanol–water partition coefficient (Wildman–Crippen LogP) is 5.46. The van der Waals surface area contributed by atoms with Crippen LogP contribution in [0.3, 0.4) is 0 Å². The number of carbonyl (C=O) groups excluding carboxylic acids is 1. The fraction of sp³-hybridized carbons (Fsp3) is 0.379. The number of fused-ring (bicyclic) bond motifs is 1. The van der Waals surface area contributed by atoms with Crippen LogP contribution in [-0.4, -0.2) is 51.6 Å². The summed E-state index contributed by atoms with van der Waals surface area (Å²) < 4.78 is 37.9. The van der Waals surface area contributed by atoms with Crippen molar-refractivity contribution in [3.05, 3.63) is 71.9 Å². The molecule has 0 spiro atoms. The van der Waals surface area contributed by atoms with Gasteiger partial charge in [-0.1, -0.05) is 18.2 Å². The number of benzene rings is 1. The van der Waals surface area contributed by atoms with Crippen LogP contribution in [0.4, 0.5) is 14.7 Å². The van der Waals surface area contributed by atoms with Crippen molar-refractivity contribution in [2.75, 3.05) is 24.6 Å². The fourth-order valence-electron chi connectivity index (χ4n) is 5.15. The molecule has 8 nitrogen and oxygen atoms in total. The monoisotopic (exact) mass is 535 g/mol. The lowest BCUT2D eigenvalue weighted by atomic mass is 9.82. The van der Waals surface area contributed by atoms with Crippen LogP contribution in [0.5, 0.6) is 5.75 Å². The summed E-state index contributed by atoms with van der Waals surface area (Å²) in [5, 5.41) is 0. The van der Waals surface area contributed by atoms with E-state index in [1.54, 1.807) is 36.7 Å². The van der Waals surface area contributed by atoms with E-state index in [0.29, 0.717) is 31.1 Å². The van der Waals surface area contributed by atoms with Crippen LogP contribution in [-0.2, 0) is 16.0 Å². The Balaban J connectivity index is 1.40. The standard InChI is InChI=1S/C29H31F2N5O3/c1-4-38-26(37)29(3)12-7-13-35(18-29)28-32-15-22(16-33-28)21-10-11-25-34-19(2)23(36(25)17-21)14-20-8-5-6-9-24(20)39-27(30)31/h5-6,8-11,15-17,27H,4,7,12-14,18H2,1-3H3/t29-/m0/s1. The SMILES string of the molecule is CCOC(=O)[C@@]1(C)CCCN(c2ncc(-c3ccc4nc(C)c(Cc5ccccc5OC(F)F)n4c3)cn2)C1. The normalized spacial score (nSPS) is 17.5. The molecule has 1 atom stereocenters. The third kappa shape index (κ3) is 5.55. The van der Waals surface area contributed by atoms with E-state index in [0.717, 1.165) is 47.5 Å². The lowest BCUT2D eigenvalue weighted by Crippen LogP contribution is -2.47. The summed E-state index contributed by atoms with van der Waals surface area (Å²) in [5.41, 5.74) is 4.21. The molecule has 5 rings (SSSR count). The zero-order valence-electron chi connectivity index (χ0n) is 22.2. The summed E-state index contributed by atoms with van der Waals surface area (Å²) in [6.45, 7) is 4.39. The molecule has 1 aliphatic rings. The average molecular weight is 536 g/mol. The van der Waals surface area contributed by atoms with Crippen LogP contribution >= 0.6 is 0 Å². The summed E-state index contributed by atoms with van der Waals surface area (Å²) in [7, 11) is 0. The van der Waals surface area contributed by atoms with E-state index < -0.39 is 12.0 Å². The Kier molecular flexibility index (Phi) is 7.45. The number of piperidine rings is 1. The van der Waals surface area contributed by atoms with Crippen molar-refractivity contribution in [2.45, 2.75) is 46.6 Å². The minimum atomic E-state index is -2.90. The molecule has 1 aromatic carbocycles. The Bertz CT molecular complexity index is 1470. The first-order valence-electron chi connectivity index (χ1n) is 13.0. The van der Waals surface area contributed by atoms with Gasteiger partial charge in [0.05, 0.1) is 17.7 Å². The number of aromatic nitrogens is 4. The summed E-state index contributed by atoms with van der Waals surface area (Å²) in [6.07, 6.45) is 7.50. The molecule has 0 bridgehead atoms. The minimum Gasteiger partial charge on any atom is -0.466 e. The molecular weight excluding hydrogens is 504 g/mol. The summed E-state index contributed by atoms with van der Waals surface area (Å²) in [5.74, 6) is 0.540. The van der Waals surface area contributed by atoms with E-state index in [2.05, 4.69) is 15.0 Å². The van der Waals surface area contributed by atoms with Crippen LogP contribution < -0.4 is 9.64 Å². The molecule has 1 fully saturated rings. The van der Waals surface area contributed by atoms with Gasteiger partial charge in [0.2, 0.25) is 5.95 Å². The molecule has 0 aliphatic carbocycles. The van der Waals surface area contributed by atoms with E-state index in [1.807, 2.05) is 48.4 Å². The van der Waals surface area contributed by atoms with Gasteiger partial charge in [0.25, 0.3) is 0 Å². The quantitative estimate of drug-likeness (QED) is 0.277. The Morgan fingerprint density at radius 2 is 1.90 bits per heavy atom. The number of halogens is 2. The average Bonchev–Trinajstić information content (AvgIpc) is 3.23. The van der Waals surface area contributed by atoms with Crippen molar-refractivity contribution in [1.29, 1.82) is 0 Å². The highest BCUT2D eigenvalue weighted by molar-refractivity contribution is 5.77. The number of esters is 1.